The van der Waals surface area contributed by atoms with Gasteiger partial charge in [-0.2, -0.15) is 0 Å². The zero-order valence-corrected chi connectivity index (χ0v) is 10.9. The third kappa shape index (κ3) is 3.54. The number of aryl methyl sites for hydroxylation is 1. The van der Waals surface area contributed by atoms with Gasteiger partial charge in [0, 0.05) is 24.9 Å². The maximum atomic E-state index is 11.9. The molecule has 1 aliphatic rings. The fourth-order valence-electron chi connectivity index (χ4n) is 2.21. The van der Waals surface area contributed by atoms with E-state index >= 15 is 0 Å². The lowest BCUT2D eigenvalue weighted by molar-refractivity contribution is -0.131. The highest BCUT2D eigenvalue weighted by Crippen LogP contribution is 2.27. The molecule has 0 unspecified atom stereocenters. The van der Waals surface area contributed by atoms with E-state index in [1.165, 1.54) is 4.88 Å². The van der Waals surface area contributed by atoms with E-state index in [1.807, 2.05) is 23.4 Å². The Bertz CT molecular complexity index is 358. The second kappa shape index (κ2) is 5.65. The van der Waals surface area contributed by atoms with Gasteiger partial charge in [0.05, 0.1) is 6.10 Å². The van der Waals surface area contributed by atoms with Gasteiger partial charge in [0.15, 0.2) is 0 Å². The highest BCUT2D eigenvalue weighted by atomic mass is 32.1. The SMILES string of the molecule is CN(CC1CC(O)C1)C(=O)CCc1cccs1. The Morgan fingerprint density at radius 2 is 2.35 bits per heavy atom. The fourth-order valence-corrected chi connectivity index (χ4v) is 2.92. The van der Waals surface area contributed by atoms with Crippen LogP contribution in [0.5, 0.6) is 0 Å². The van der Waals surface area contributed by atoms with Gasteiger partial charge in [0.1, 0.15) is 0 Å². The van der Waals surface area contributed by atoms with Crippen molar-refractivity contribution in [2.24, 2.45) is 5.92 Å². The normalized spacial score (nSPS) is 23.2. The predicted octanol–water partition coefficient (Wildman–Crippen LogP) is 1.91. The number of nitrogens with zero attached hydrogens (tertiary/aromatic N) is 1. The number of rotatable bonds is 5. The van der Waals surface area contributed by atoms with Crippen LogP contribution in [0.2, 0.25) is 0 Å². The summed E-state index contributed by atoms with van der Waals surface area (Å²) >= 11 is 1.70. The zero-order valence-electron chi connectivity index (χ0n) is 10.1. The Hall–Kier alpha value is -0.870. The van der Waals surface area contributed by atoms with E-state index in [9.17, 15) is 9.90 Å². The summed E-state index contributed by atoms with van der Waals surface area (Å²) < 4.78 is 0. The van der Waals surface area contributed by atoms with Crippen LogP contribution in [0.1, 0.15) is 24.1 Å². The van der Waals surface area contributed by atoms with Crippen LogP contribution in [0.4, 0.5) is 0 Å². The van der Waals surface area contributed by atoms with Crippen molar-refractivity contribution in [1.29, 1.82) is 0 Å². The van der Waals surface area contributed by atoms with Gasteiger partial charge in [-0.3, -0.25) is 4.79 Å². The summed E-state index contributed by atoms with van der Waals surface area (Å²) in [7, 11) is 1.86. The molecule has 1 fully saturated rings. The maximum Gasteiger partial charge on any atom is 0.222 e. The molecule has 1 saturated carbocycles. The fraction of sp³-hybridized carbons (Fsp3) is 0.615. The van der Waals surface area contributed by atoms with Crippen molar-refractivity contribution in [2.75, 3.05) is 13.6 Å². The molecule has 2 rings (SSSR count). The van der Waals surface area contributed by atoms with Crippen molar-refractivity contribution in [2.45, 2.75) is 31.8 Å². The molecule has 1 heterocycles. The predicted molar refractivity (Wildman–Crippen MR) is 69.0 cm³/mol. The van der Waals surface area contributed by atoms with Crippen LogP contribution in [0.3, 0.4) is 0 Å². The lowest BCUT2D eigenvalue weighted by Crippen LogP contribution is -2.39. The van der Waals surface area contributed by atoms with Crippen LogP contribution in [0.25, 0.3) is 0 Å². The van der Waals surface area contributed by atoms with Crippen LogP contribution >= 0.6 is 11.3 Å². The molecule has 0 radical (unpaired) electrons. The number of hydrogen-bond acceptors (Lipinski definition) is 3. The Kier molecular flexibility index (Phi) is 4.18. The topological polar surface area (TPSA) is 40.5 Å². The van der Waals surface area contributed by atoms with E-state index in [0.717, 1.165) is 25.8 Å². The molecule has 1 aliphatic carbocycles. The van der Waals surface area contributed by atoms with Crippen LogP contribution in [-0.2, 0) is 11.2 Å². The number of thiophene rings is 1. The minimum Gasteiger partial charge on any atom is -0.393 e. The molecule has 1 aromatic heterocycles. The summed E-state index contributed by atoms with van der Waals surface area (Å²) in [5.41, 5.74) is 0. The summed E-state index contributed by atoms with van der Waals surface area (Å²) in [5.74, 6) is 0.709. The van der Waals surface area contributed by atoms with Crippen molar-refractivity contribution >= 4 is 17.2 Å². The van der Waals surface area contributed by atoms with E-state index < -0.39 is 0 Å². The van der Waals surface area contributed by atoms with Crippen molar-refractivity contribution in [3.63, 3.8) is 0 Å². The van der Waals surface area contributed by atoms with Gasteiger partial charge in [-0.05, 0) is 36.6 Å². The molecule has 0 spiro atoms. The molecule has 0 saturated heterocycles. The van der Waals surface area contributed by atoms with E-state index in [2.05, 4.69) is 6.07 Å². The van der Waals surface area contributed by atoms with Gasteiger partial charge in [-0.15, -0.1) is 11.3 Å². The lowest BCUT2D eigenvalue weighted by atomic mass is 9.82. The van der Waals surface area contributed by atoms with Crippen LogP contribution in [0.15, 0.2) is 17.5 Å². The summed E-state index contributed by atoms with van der Waals surface area (Å²) in [4.78, 5) is 14.9. The first-order chi connectivity index (χ1) is 8.15. The molecule has 0 bridgehead atoms. The molecular weight excluding hydrogens is 234 g/mol. The van der Waals surface area contributed by atoms with E-state index in [4.69, 9.17) is 0 Å². The number of aliphatic hydroxyl groups is 1. The average Bonchev–Trinajstić information content (AvgIpc) is 2.76. The first-order valence-corrected chi connectivity index (χ1v) is 6.97. The van der Waals surface area contributed by atoms with Gasteiger partial charge < -0.3 is 10.0 Å². The van der Waals surface area contributed by atoms with Gasteiger partial charge in [-0.25, -0.2) is 0 Å². The molecule has 1 N–H and O–H groups in total. The van der Waals surface area contributed by atoms with Crippen molar-refractivity contribution in [1.82, 2.24) is 4.90 Å². The lowest BCUT2D eigenvalue weighted by Gasteiger charge is -2.34. The molecule has 1 aromatic rings. The molecule has 94 valence electrons. The number of carbonyl (C=O) groups excluding carboxylic acids is 1. The number of aliphatic hydroxyl groups excluding tert-OH is 1. The summed E-state index contributed by atoms with van der Waals surface area (Å²) in [6.45, 7) is 0.792. The smallest absolute Gasteiger partial charge is 0.222 e. The molecular formula is C13H19NO2S. The summed E-state index contributed by atoms with van der Waals surface area (Å²) in [6, 6.07) is 4.09. The zero-order chi connectivity index (χ0) is 12.3. The van der Waals surface area contributed by atoms with Crippen molar-refractivity contribution in [3.8, 4) is 0 Å². The first-order valence-electron chi connectivity index (χ1n) is 6.09. The Labute approximate surface area is 106 Å². The quantitative estimate of drug-likeness (QED) is 0.871. The second-order valence-corrected chi connectivity index (χ2v) is 5.88. The third-order valence-corrected chi connectivity index (χ3v) is 4.27. The number of carbonyl (C=O) groups is 1. The Balaban J connectivity index is 1.68. The van der Waals surface area contributed by atoms with E-state index in [0.29, 0.717) is 12.3 Å². The number of amides is 1. The minimum absolute atomic E-state index is 0.130. The van der Waals surface area contributed by atoms with Gasteiger partial charge in [0.25, 0.3) is 0 Å². The molecule has 1 amide bonds. The summed E-state index contributed by atoms with van der Waals surface area (Å²) in [5, 5.41) is 11.2. The van der Waals surface area contributed by atoms with E-state index in [1.54, 1.807) is 11.3 Å². The Morgan fingerprint density at radius 1 is 1.59 bits per heavy atom. The third-order valence-electron chi connectivity index (χ3n) is 3.33. The molecule has 4 heteroatoms. The summed E-state index contributed by atoms with van der Waals surface area (Å²) in [6.07, 6.45) is 3.00. The monoisotopic (exact) mass is 253 g/mol. The highest BCUT2D eigenvalue weighted by molar-refractivity contribution is 7.09. The van der Waals surface area contributed by atoms with Gasteiger partial charge in [0.2, 0.25) is 5.91 Å². The minimum atomic E-state index is -0.130. The molecule has 3 nitrogen and oxygen atoms in total. The van der Waals surface area contributed by atoms with Crippen LogP contribution < -0.4 is 0 Å². The average molecular weight is 253 g/mol. The van der Waals surface area contributed by atoms with E-state index in [-0.39, 0.29) is 12.0 Å². The molecule has 0 aromatic carbocycles. The Morgan fingerprint density at radius 3 is 2.94 bits per heavy atom. The molecule has 17 heavy (non-hydrogen) atoms. The van der Waals surface area contributed by atoms with Crippen LogP contribution in [0, 0.1) is 5.92 Å². The highest BCUT2D eigenvalue weighted by Gasteiger charge is 2.28. The van der Waals surface area contributed by atoms with Crippen LogP contribution in [-0.4, -0.2) is 35.6 Å². The van der Waals surface area contributed by atoms with Gasteiger partial charge in [-0.1, -0.05) is 6.07 Å². The largest absolute Gasteiger partial charge is 0.393 e. The maximum absolute atomic E-state index is 11.9. The van der Waals surface area contributed by atoms with Crippen molar-refractivity contribution in [3.05, 3.63) is 22.4 Å². The molecule has 0 atom stereocenters. The molecule has 0 aliphatic heterocycles. The van der Waals surface area contributed by atoms with Crippen molar-refractivity contribution < 1.29 is 9.90 Å². The standard InChI is InChI=1S/C13H19NO2S/c1-14(9-10-7-11(15)8-10)13(16)5-4-12-3-2-6-17-12/h2-3,6,10-11,15H,4-5,7-9H2,1H3. The second-order valence-electron chi connectivity index (χ2n) is 4.84. The first kappa shape index (κ1) is 12.6. The number of hydrogen-bond donors (Lipinski definition) is 1. The van der Waals surface area contributed by atoms with Gasteiger partial charge >= 0.3 is 0 Å².